The maximum absolute atomic E-state index is 4.89. The van der Waals surface area contributed by atoms with E-state index in [4.69, 9.17) is 9.97 Å². The molecule has 1 saturated heterocycles. The molecule has 0 radical (unpaired) electrons. The zero-order valence-corrected chi connectivity index (χ0v) is 20.6. The number of likely N-dealkylation sites (tertiary alicyclic amines) is 1. The molecule has 5 rings (SSSR count). The van der Waals surface area contributed by atoms with Gasteiger partial charge in [-0.25, -0.2) is 9.97 Å². The number of nitrogens with zero attached hydrogens (tertiary/aromatic N) is 4. The Morgan fingerprint density at radius 2 is 1.70 bits per heavy atom. The molecule has 1 N–H and O–H groups in total. The number of benzene rings is 1. The van der Waals surface area contributed by atoms with Crippen LogP contribution in [0.1, 0.15) is 68.1 Å². The first-order valence-electron chi connectivity index (χ1n) is 13.0. The van der Waals surface area contributed by atoms with Gasteiger partial charge in [0.1, 0.15) is 11.3 Å². The summed E-state index contributed by atoms with van der Waals surface area (Å²) in [5.74, 6) is 2.02. The number of hydrogen-bond donors (Lipinski definition) is 1. The summed E-state index contributed by atoms with van der Waals surface area (Å²) in [6, 6.07) is 11.8. The number of pyridine rings is 1. The van der Waals surface area contributed by atoms with Gasteiger partial charge in [-0.15, -0.1) is 0 Å². The maximum Gasteiger partial charge on any atom is 0.160 e. The Balaban J connectivity index is 1.20. The lowest BCUT2D eigenvalue weighted by Crippen LogP contribution is -2.32. The van der Waals surface area contributed by atoms with Crippen LogP contribution >= 0.6 is 0 Å². The van der Waals surface area contributed by atoms with E-state index in [-0.39, 0.29) is 0 Å². The van der Waals surface area contributed by atoms with Crippen LogP contribution in [0.5, 0.6) is 0 Å². The van der Waals surface area contributed by atoms with Crippen LogP contribution in [0.4, 0.5) is 5.69 Å². The molecule has 5 heteroatoms. The summed E-state index contributed by atoms with van der Waals surface area (Å²) in [6.45, 7) is 11.2. The fourth-order valence-corrected chi connectivity index (χ4v) is 5.83. The predicted molar refractivity (Wildman–Crippen MR) is 137 cm³/mol. The van der Waals surface area contributed by atoms with Gasteiger partial charge in [0.25, 0.3) is 0 Å². The lowest BCUT2D eigenvalue weighted by Gasteiger charge is -2.32. The molecule has 1 aliphatic heterocycles. The molecule has 0 unspecified atom stereocenters. The number of imidazole rings is 1. The van der Waals surface area contributed by atoms with Crippen LogP contribution in [-0.2, 0) is 13.0 Å². The topological polar surface area (TPSA) is 46.0 Å². The predicted octanol–water partition coefficient (Wildman–Crippen LogP) is 5.73. The molecule has 3 aromatic rings. The minimum absolute atomic E-state index is 0.616. The van der Waals surface area contributed by atoms with E-state index in [0.29, 0.717) is 6.04 Å². The second-order valence-electron chi connectivity index (χ2n) is 10.3. The van der Waals surface area contributed by atoms with Gasteiger partial charge in [-0.1, -0.05) is 19.1 Å². The molecule has 33 heavy (non-hydrogen) atoms. The number of aryl methyl sites for hydroxylation is 3. The van der Waals surface area contributed by atoms with E-state index in [2.05, 4.69) is 65.9 Å². The van der Waals surface area contributed by atoms with Gasteiger partial charge in [0.15, 0.2) is 5.65 Å². The Morgan fingerprint density at radius 3 is 2.39 bits per heavy atom. The molecule has 1 aliphatic carbocycles. The van der Waals surface area contributed by atoms with Crippen molar-refractivity contribution in [3.8, 4) is 0 Å². The molecule has 2 aliphatic rings. The molecule has 0 spiro atoms. The van der Waals surface area contributed by atoms with Crippen LogP contribution < -0.4 is 5.32 Å². The molecular formula is C28H39N5. The van der Waals surface area contributed by atoms with E-state index in [1.807, 2.05) is 0 Å². The first kappa shape index (κ1) is 22.4. The highest BCUT2D eigenvalue weighted by Crippen LogP contribution is 2.28. The summed E-state index contributed by atoms with van der Waals surface area (Å²) in [5, 5.41) is 3.80. The fraction of sp³-hybridized carbons (Fsp3) is 0.571. The highest BCUT2D eigenvalue weighted by Gasteiger charge is 2.24. The highest BCUT2D eigenvalue weighted by molar-refractivity contribution is 5.76. The van der Waals surface area contributed by atoms with E-state index in [1.165, 1.54) is 75.0 Å². The van der Waals surface area contributed by atoms with Gasteiger partial charge in [-0.2, -0.15) is 0 Å². The van der Waals surface area contributed by atoms with Crippen molar-refractivity contribution in [2.75, 3.05) is 25.0 Å². The van der Waals surface area contributed by atoms with Gasteiger partial charge in [0.05, 0.1) is 6.54 Å². The largest absolute Gasteiger partial charge is 0.382 e. The summed E-state index contributed by atoms with van der Waals surface area (Å²) in [6.07, 6.45) is 9.04. The lowest BCUT2D eigenvalue weighted by molar-refractivity contribution is 0.228. The third-order valence-corrected chi connectivity index (χ3v) is 7.64. The van der Waals surface area contributed by atoms with Crippen LogP contribution in [0.3, 0.4) is 0 Å². The highest BCUT2D eigenvalue weighted by atomic mass is 15.1. The van der Waals surface area contributed by atoms with Crippen LogP contribution in [0.2, 0.25) is 0 Å². The van der Waals surface area contributed by atoms with Crippen molar-refractivity contribution in [1.29, 1.82) is 0 Å². The van der Waals surface area contributed by atoms with Gasteiger partial charge in [-0.3, -0.25) is 0 Å². The first-order chi connectivity index (χ1) is 16.1. The molecule has 2 aromatic heterocycles. The number of hydrogen-bond acceptors (Lipinski definition) is 4. The normalized spacial score (nSPS) is 21.7. The molecule has 0 atom stereocenters. The summed E-state index contributed by atoms with van der Waals surface area (Å²) >= 11 is 0. The van der Waals surface area contributed by atoms with Gasteiger partial charge in [0.2, 0.25) is 0 Å². The molecule has 1 saturated carbocycles. The van der Waals surface area contributed by atoms with Crippen LogP contribution in [-0.4, -0.2) is 45.1 Å². The summed E-state index contributed by atoms with van der Waals surface area (Å²) in [4.78, 5) is 12.4. The van der Waals surface area contributed by atoms with Crippen LogP contribution in [0, 0.1) is 19.8 Å². The zero-order valence-electron chi connectivity index (χ0n) is 20.6. The third-order valence-electron chi connectivity index (χ3n) is 7.64. The minimum Gasteiger partial charge on any atom is -0.382 e. The Morgan fingerprint density at radius 1 is 0.970 bits per heavy atom. The van der Waals surface area contributed by atoms with Crippen molar-refractivity contribution >= 4 is 16.9 Å². The molecule has 1 aromatic carbocycles. The fourth-order valence-electron chi connectivity index (χ4n) is 5.83. The standard InChI is InChI=1S/C28H39N5/c1-4-26-31-27-20(2)17-21(3)29-28(27)33(26)19-23-9-13-25(14-10-23)30-24-11-7-22(8-12-24)18-32-15-5-6-16-32/h9-10,13-14,17,22,24,30H,4-8,11-12,15-16,18-19H2,1-3H3. The lowest BCUT2D eigenvalue weighted by atomic mass is 9.85. The van der Waals surface area contributed by atoms with Crippen molar-refractivity contribution < 1.29 is 0 Å². The average molecular weight is 446 g/mol. The van der Waals surface area contributed by atoms with Crippen molar-refractivity contribution in [3.05, 3.63) is 53.0 Å². The van der Waals surface area contributed by atoms with Crippen LogP contribution in [0.15, 0.2) is 30.3 Å². The van der Waals surface area contributed by atoms with Crippen LogP contribution in [0.25, 0.3) is 11.2 Å². The Bertz CT molecular complexity index is 1070. The molecule has 176 valence electrons. The van der Waals surface area contributed by atoms with Crippen molar-refractivity contribution in [1.82, 2.24) is 19.4 Å². The van der Waals surface area contributed by atoms with Gasteiger partial charge in [0, 0.05) is 30.4 Å². The number of rotatable bonds is 7. The number of nitrogens with one attached hydrogen (secondary N) is 1. The Labute approximate surface area is 198 Å². The van der Waals surface area contributed by atoms with Crippen molar-refractivity contribution in [2.45, 2.75) is 78.3 Å². The summed E-state index contributed by atoms with van der Waals surface area (Å²) < 4.78 is 2.29. The smallest absolute Gasteiger partial charge is 0.160 e. The first-order valence-corrected chi connectivity index (χ1v) is 13.0. The third kappa shape index (κ3) is 5.08. The molecule has 2 fully saturated rings. The number of anilines is 1. The SMILES string of the molecule is CCc1nc2c(C)cc(C)nc2n1Cc1ccc(NC2CCC(CN3CCCC3)CC2)cc1. The molecule has 5 nitrogen and oxygen atoms in total. The van der Waals surface area contributed by atoms with E-state index < -0.39 is 0 Å². The minimum atomic E-state index is 0.616. The van der Waals surface area contributed by atoms with Gasteiger partial charge in [-0.05, 0) is 101 Å². The second kappa shape index (κ2) is 9.84. The van der Waals surface area contributed by atoms with E-state index in [0.717, 1.165) is 41.6 Å². The molecular weight excluding hydrogens is 406 g/mol. The van der Waals surface area contributed by atoms with E-state index in [1.54, 1.807) is 0 Å². The number of fused-ring (bicyclic) bond motifs is 1. The van der Waals surface area contributed by atoms with Crippen molar-refractivity contribution in [2.24, 2.45) is 5.92 Å². The second-order valence-corrected chi connectivity index (χ2v) is 10.3. The monoisotopic (exact) mass is 445 g/mol. The zero-order chi connectivity index (χ0) is 22.8. The summed E-state index contributed by atoms with van der Waals surface area (Å²) in [7, 11) is 0. The average Bonchev–Trinajstić information content (AvgIpc) is 3.45. The van der Waals surface area contributed by atoms with E-state index in [9.17, 15) is 0 Å². The quantitative estimate of drug-likeness (QED) is 0.505. The van der Waals surface area contributed by atoms with Gasteiger partial charge < -0.3 is 14.8 Å². The Kier molecular flexibility index (Phi) is 6.68. The van der Waals surface area contributed by atoms with Crippen molar-refractivity contribution in [3.63, 3.8) is 0 Å². The van der Waals surface area contributed by atoms with Gasteiger partial charge >= 0.3 is 0 Å². The molecule has 3 heterocycles. The number of aromatic nitrogens is 3. The molecule has 0 bridgehead atoms. The molecule has 0 amide bonds. The van der Waals surface area contributed by atoms with E-state index >= 15 is 0 Å². The summed E-state index contributed by atoms with van der Waals surface area (Å²) in [5.41, 5.74) is 6.86. The maximum atomic E-state index is 4.89. The Hall–Kier alpha value is -2.40.